The second-order valence-corrected chi connectivity index (χ2v) is 5.87. The number of carbonyl (C=O) groups is 1. The van der Waals surface area contributed by atoms with Crippen LogP contribution in [-0.4, -0.2) is 18.3 Å². The highest BCUT2D eigenvalue weighted by Crippen LogP contribution is 2.39. The van der Waals surface area contributed by atoms with Gasteiger partial charge in [0.1, 0.15) is 11.7 Å². The number of carbonyl (C=O) groups excluding carboxylic acids is 1. The van der Waals surface area contributed by atoms with Gasteiger partial charge in [-0.2, -0.15) is 5.26 Å². The first-order chi connectivity index (χ1) is 9.30. The molecule has 0 spiro atoms. The van der Waals surface area contributed by atoms with Crippen molar-refractivity contribution < 1.29 is 14.3 Å². The molecule has 1 aromatic rings. The third kappa shape index (κ3) is 3.62. The standard InChI is InChI=1S/C14H15ClN2O3/c1-14(2,3)20-13(18)17-10-5-8(6-16)4-9(12(10)15)11-7-19-11/h4-5,11H,7H2,1-3H3,(H,17,18). The minimum Gasteiger partial charge on any atom is -0.444 e. The molecular weight excluding hydrogens is 280 g/mol. The first-order valence-corrected chi connectivity index (χ1v) is 6.53. The lowest BCUT2D eigenvalue weighted by Crippen LogP contribution is -2.27. The number of rotatable bonds is 2. The SMILES string of the molecule is CC(C)(C)OC(=O)Nc1cc(C#N)cc(C2CO2)c1Cl. The number of amides is 1. The molecule has 1 heterocycles. The predicted octanol–water partition coefficient (Wildman–Crippen LogP) is 3.63. The van der Waals surface area contributed by atoms with Crippen molar-refractivity contribution in [3.05, 3.63) is 28.3 Å². The van der Waals surface area contributed by atoms with Crippen LogP contribution in [0.2, 0.25) is 5.02 Å². The minimum absolute atomic E-state index is 0.102. The Labute approximate surface area is 122 Å². The molecule has 20 heavy (non-hydrogen) atoms. The van der Waals surface area contributed by atoms with Crippen LogP contribution in [-0.2, 0) is 9.47 Å². The summed E-state index contributed by atoms with van der Waals surface area (Å²) in [6, 6.07) is 5.21. The molecule has 1 N–H and O–H groups in total. The first-order valence-electron chi connectivity index (χ1n) is 6.15. The number of nitrogens with one attached hydrogen (secondary N) is 1. The molecule has 5 nitrogen and oxygen atoms in total. The van der Waals surface area contributed by atoms with E-state index in [-0.39, 0.29) is 6.10 Å². The summed E-state index contributed by atoms with van der Waals surface area (Å²) in [6.07, 6.45) is -0.716. The molecule has 1 aromatic carbocycles. The number of ether oxygens (including phenoxy) is 2. The molecular formula is C14H15ClN2O3. The molecule has 0 saturated carbocycles. The summed E-state index contributed by atoms with van der Waals surface area (Å²) in [5, 5.41) is 12.0. The van der Waals surface area contributed by atoms with Crippen LogP contribution in [0.15, 0.2) is 12.1 Å². The quantitative estimate of drug-likeness (QED) is 0.845. The lowest BCUT2D eigenvalue weighted by Gasteiger charge is -2.20. The number of anilines is 1. The molecule has 1 atom stereocenters. The van der Waals surface area contributed by atoms with Crippen molar-refractivity contribution in [2.45, 2.75) is 32.5 Å². The molecule has 1 amide bonds. The fraction of sp³-hybridized carbons (Fsp3) is 0.429. The van der Waals surface area contributed by atoms with Crippen molar-refractivity contribution in [2.24, 2.45) is 0 Å². The fourth-order valence-corrected chi connectivity index (χ4v) is 1.96. The lowest BCUT2D eigenvalue weighted by molar-refractivity contribution is 0.0636. The van der Waals surface area contributed by atoms with Gasteiger partial charge < -0.3 is 9.47 Å². The molecule has 2 rings (SSSR count). The van der Waals surface area contributed by atoms with Gasteiger partial charge in [-0.05, 0) is 32.9 Å². The van der Waals surface area contributed by atoms with E-state index in [9.17, 15) is 4.79 Å². The van der Waals surface area contributed by atoms with Crippen LogP contribution in [0.25, 0.3) is 0 Å². The molecule has 6 heteroatoms. The average molecular weight is 295 g/mol. The summed E-state index contributed by atoms with van der Waals surface area (Å²) >= 11 is 6.23. The summed E-state index contributed by atoms with van der Waals surface area (Å²) in [6.45, 7) is 5.87. The van der Waals surface area contributed by atoms with E-state index < -0.39 is 11.7 Å². The van der Waals surface area contributed by atoms with Gasteiger partial charge in [-0.1, -0.05) is 11.6 Å². The van der Waals surface area contributed by atoms with Gasteiger partial charge in [-0.25, -0.2) is 4.79 Å². The van der Waals surface area contributed by atoms with E-state index in [4.69, 9.17) is 26.3 Å². The van der Waals surface area contributed by atoms with E-state index in [0.29, 0.717) is 28.4 Å². The van der Waals surface area contributed by atoms with Crippen LogP contribution in [0.4, 0.5) is 10.5 Å². The Hall–Kier alpha value is -1.77. The number of hydrogen-bond acceptors (Lipinski definition) is 4. The number of nitrogens with zero attached hydrogens (tertiary/aromatic N) is 1. The molecule has 1 aliphatic heterocycles. The van der Waals surface area contributed by atoms with Gasteiger partial charge in [0.25, 0.3) is 0 Å². The zero-order valence-corrected chi connectivity index (χ0v) is 12.2. The first kappa shape index (κ1) is 14.6. The van der Waals surface area contributed by atoms with Crippen LogP contribution in [0.3, 0.4) is 0 Å². The van der Waals surface area contributed by atoms with E-state index in [0.717, 1.165) is 0 Å². The number of benzene rings is 1. The molecule has 0 bridgehead atoms. The van der Waals surface area contributed by atoms with Crippen molar-refractivity contribution in [1.82, 2.24) is 0 Å². The predicted molar refractivity (Wildman–Crippen MR) is 74.7 cm³/mol. The number of hydrogen-bond donors (Lipinski definition) is 1. The summed E-state index contributed by atoms with van der Waals surface area (Å²) in [5.74, 6) is 0. The molecule has 0 aliphatic carbocycles. The second kappa shape index (κ2) is 5.31. The number of nitriles is 1. The summed E-state index contributed by atoms with van der Waals surface area (Å²) < 4.78 is 10.3. The van der Waals surface area contributed by atoms with Crippen molar-refractivity contribution >= 4 is 23.4 Å². The zero-order chi connectivity index (χ0) is 14.9. The van der Waals surface area contributed by atoms with Gasteiger partial charge in [0.05, 0.1) is 28.9 Å². The summed E-state index contributed by atoms with van der Waals surface area (Å²) in [7, 11) is 0. The summed E-state index contributed by atoms with van der Waals surface area (Å²) in [5.41, 5.74) is 0.861. The Kier molecular flexibility index (Phi) is 3.89. The van der Waals surface area contributed by atoms with Crippen molar-refractivity contribution in [2.75, 3.05) is 11.9 Å². The van der Waals surface area contributed by atoms with Crippen molar-refractivity contribution in [3.63, 3.8) is 0 Å². The monoisotopic (exact) mass is 294 g/mol. The Morgan fingerprint density at radius 3 is 2.70 bits per heavy atom. The van der Waals surface area contributed by atoms with Crippen LogP contribution < -0.4 is 5.32 Å². The van der Waals surface area contributed by atoms with E-state index >= 15 is 0 Å². The van der Waals surface area contributed by atoms with Gasteiger partial charge in [0.15, 0.2) is 0 Å². The highest BCUT2D eigenvalue weighted by atomic mass is 35.5. The average Bonchev–Trinajstić information content (AvgIpc) is 3.13. The third-order valence-corrected chi connectivity index (χ3v) is 2.97. The molecule has 1 unspecified atom stereocenters. The van der Waals surface area contributed by atoms with E-state index in [1.807, 2.05) is 6.07 Å². The maximum Gasteiger partial charge on any atom is 0.412 e. The van der Waals surface area contributed by atoms with Gasteiger partial charge in [-0.3, -0.25) is 5.32 Å². The minimum atomic E-state index is -0.614. The van der Waals surface area contributed by atoms with E-state index in [1.54, 1.807) is 26.8 Å². The third-order valence-electron chi connectivity index (χ3n) is 2.55. The fourth-order valence-electron chi connectivity index (χ4n) is 1.68. The van der Waals surface area contributed by atoms with Gasteiger partial charge in [0.2, 0.25) is 0 Å². The maximum absolute atomic E-state index is 11.8. The molecule has 106 valence electrons. The molecule has 0 aromatic heterocycles. The van der Waals surface area contributed by atoms with Crippen LogP contribution in [0.1, 0.15) is 38.0 Å². The van der Waals surface area contributed by atoms with Gasteiger partial charge >= 0.3 is 6.09 Å². The lowest BCUT2D eigenvalue weighted by atomic mass is 10.1. The Balaban J connectivity index is 2.25. The smallest absolute Gasteiger partial charge is 0.412 e. The number of epoxide rings is 1. The van der Waals surface area contributed by atoms with Crippen molar-refractivity contribution in [1.29, 1.82) is 5.26 Å². The molecule has 1 fully saturated rings. The Bertz CT molecular complexity index is 583. The second-order valence-electron chi connectivity index (χ2n) is 5.49. The number of halogens is 1. The van der Waals surface area contributed by atoms with Gasteiger partial charge in [-0.15, -0.1) is 0 Å². The highest BCUT2D eigenvalue weighted by Gasteiger charge is 2.29. The molecule has 0 radical (unpaired) electrons. The van der Waals surface area contributed by atoms with E-state index in [2.05, 4.69) is 5.32 Å². The van der Waals surface area contributed by atoms with Crippen molar-refractivity contribution in [3.8, 4) is 6.07 Å². The largest absolute Gasteiger partial charge is 0.444 e. The Morgan fingerprint density at radius 1 is 1.55 bits per heavy atom. The maximum atomic E-state index is 11.8. The van der Waals surface area contributed by atoms with Crippen LogP contribution in [0, 0.1) is 11.3 Å². The van der Waals surface area contributed by atoms with Crippen LogP contribution in [0.5, 0.6) is 0 Å². The van der Waals surface area contributed by atoms with E-state index in [1.165, 1.54) is 6.07 Å². The zero-order valence-electron chi connectivity index (χ0n) is 11.5. The molecule has 1 saturated heterocycles. The topological polar surface area (TPSA) is 74.6 Å². The highest BCUT2D eigenvalue weighted by molar-refractivity contribution is 6.34. The Morgan fingerprint density at radius 2 is 2.20 bits per heavy atom. The molecule has 1 aliphatic rings. The normalized spacial score (nSPS) is 17.2. The van der Waals surface area contributed by atoms with Crippen LogP contribution >= 0.6 is 11.6 Å². The van der Waals surface area contributed by atoms with Gasteiger partial charge in [0, 0.05) is 5.56 Å². The summed E-state index contributed by atoms with van der Waals surface area (Å²) in [4.78, 5) is 11.8.